The average Bonchev–Trinajstić information content (AvgIpc) is 2.56. The number of carboxylic acid groups (broad SMARTS) is 1. The molecule has 0 saturated heterocycles. The van der Waals surface area contributed by atoms with Gasteiger partial charge in [-0.15, -0.1) is 0 Å². The number of aliphatic carboxylic acids is 1. The molecular formula is C17H17NO5. The summed E-state index contributed by atoms with van der Waals surface area (Å²) in [5, 5.41) is 17.5. The molecule has 0 aliphatic rings. The Labute approximate surface area is 134 Å². The molecule has 6 nitrogen and oxygen atoms in total. The summed E-state index contributed by atoms with van der Waals surface area (Å²) in [7, 11) is 0. The highest BCUT2D eigenvalue weighted by molar-refractivity contribution is 5.96. The molecule has 0 aromatic heterocycles. The summed E-state index contributed by atoms with van der Waals surface area (Å²) >= 11 is 0. The lowest BCUT2D eigenvalue weighted by Gasteiger charge is -2.06. The van der Waals surface area contributed by atoms with Crippen molar-refractivity contribution in [3.8, 4) is 11.8 Å². The fraction of sp³-hybridized carbons (Fsp3) is 0.235. The van der Waals surface area contributed by atoms with Gasteiger partial charge in [-0.2, -0.15) is 5.26 Å². The van der Waals surface area contributed by atoms with Crippen LogP contribution in [0, 0.1) is 11.3 Å². The van der Waals surface area contributed by atoms with Gasteiger partial charge in [0.05, 0.1) is 13.2 Å². The molecule has 0 aliphatic heterocycles. The van der Waals surface area contributed by atoms with E-state index in [2.05, 4.69) is 6.58 Å². The third-order valence-electron chi connectivity index (χ3n) is 2.76. The standard InChI is InChI=1S/C17H17NO5/c1-2-16(19)23-10-4-3-9-22-15-7-5-13(6-8-15)11-14(12-18)17(20)21/h2,5-8,11H,1,3-4,9-10H2,(H,20,21)/b14-11+. The Morgan fingerprint density at radius 3 is 2.43 bits per heavy atom. The van der Waals surface area contributed by atoms with Gasteiger partial charge in [0.15, 0.2) is 0 Å². The monoisotopic (exact) mass is 315 g/mol. The molecule has 1 aromatic rings. The highest BCUT2D eigenvalue weighted by Crippen LogP contribution is 2.15. The first-order valence-corrected chi connectivity index (χ1v) is 6.94. The molecule has 0 spiro atoms. The molecule has 0 aliphatic carbocycles. The van der Waals surface area contributed by atoms with Crippen molar-refractivity contribution in [3.05, 3.63) is 48.1 Å². The largest absolute Gasteiger partial charge is 0.494 e. The van der Waals surface area contributed by atoms with Crippen LogP contribution in [0.4, 0.5) is 0 Å². The number of carboxylic acids is 1. The summed E-state index contributed by atoms with van der Waals surface area (Å²) in [6, 6.07) is 8.34. The number of esters is 1. The molecule has 0 atom stereocenters. The molecule has 23 heavy (non-hydrogen) atoms. The van der Waals surface area contributed by atoms with Crippen LogP contribution in [-0.4, -0.2) is 30.3 Å². The van der Waals surface area contributed by atoms with E-state index < -0.39 is 11.9 Å². The van der Waals surface area contributed by atoms with Crippen molar-refractivity contribution < 1.29 is 24.2 Å². The lowest BCUT2D eigenvalue weighted by Crippen LogP contribution is -2.04. The van der Waals surface area contributed by atoms with E-state index in [0.29, 0.717) is 30.9 Å². The predicted octanol–water partition coefficient (Wildman–Crippen LogP) is 2.57. The number of ether oxygens (including phenoxy) is 2. The molecule has 0 fully saturated rings. The first kappa shape index (κ1) is 18.0. The molecule has 0 unspecified atom stereocenters. The molecule has 6 heteroatoms. The highest BCUT2D eigenvalue weighted by atomic mass is 16.5. The van der Waals surface area contributed by atoms with E-state index in [1.165, 1.54) is 6.08 Å². The van der Waals surface area contributed by atoms with Gasteiger partial charge in [-0.3, -0.25) is 0 Å². The van der Waals surface area contributed by atoms with Crippen LogP contribution in [-0.2, 0) is 14.3 Å². The summed E-state index contributed by atoms with van der Waals surface area (Å²) in [5.41, 5.74) is 0.278. The van der Waals surface area contributed by atoms with E-state index in [-0.39, 0.29) is 5.57 Å². The predicted molar refractivity (Wildman–Crippen MR) is 83.6 cm³/mol. The molecule has 0 bridgehead atoms. The summed E-state index contributed by atoms with van der Waals surface area (Å²) in [6.45, 7) is 4.10. The zero-order chi connectivity index (χ0) is 17.1. The maximum Gasteiger partial charge on any atom is 0.346 e. The molecule has 0 radical (unpaired) electrons. The Balaban J connectivity index is 2.38. The molecule has 1 N–H and O–H groups in total. The van der Waals surface area contributed by atoms with Crippen LogP contribution in [0.3, 0.4) is 0 Å². The molecule has 0 heterocycles. The number of carbonyl (C=O) groups excluding carboxylic acids is 1. The smallest absolute Gasteiger partial charge is 0.346 e. The van der Waals surface area contributed by atoms with Crippen LogP contribution < -0.4 is 4.74 Å². The van der Waals surface area contributed by atoms with Gasteiger partial charge in [0, 0.05) is 6.08 Å². The second-order valence-corrected chi connectivity index (χ2v) is 4.47. The van der Waals surface area contributed by atoms with Crippen LogP contribution in [0.25, 0.3) is 6.08 Å². The van der Waals surface area contributed by atoms with Crippen molar-refractivity contribution in [2.75, 3.05) is 13.2 Å². The van der Waals surface area contributed by atoms with Crippen molar-refractivity contribution in [2.45, 2.75) is 12.8 Å². The Kier molecular flexibility index (Phi) is 7.65. The zero-order valence-electron chi connectivity index (χ0n) is 12.5. The third-order valence-corrected chi connectivity index (χ3v) is 2.76. The summed E-state index contributed by atoms with van der Waals surface area (Å²) < 4.78 is 10.3. The highest BCUT2D eigenvalue weighted by Gasteiger charge is 2.05. The molecule has 0 saturated carbocycles. The quantitative estimate of drug-likeness (QED) is 0.325. The number of nitrogens with zero attached hydrogens (tertiary/aromatic N) is 1. The number of nitriles is 1. The second-order valence-electron chi connectivity index (χ2n) is 4.47. The summed E-state index contributed by atoms with van der Waals surface area (Å²) in [6.07, 6.45) is 3.82. The van der Waals surface area contributed by atoms with E-state index >= 15 is 0 Å². The summed E-state index contributed by atoms with van der Waals surface area (Å²) in [5.74, 6) is -1.06. The number of benzene rings is 1. The molecule has 1 aromatic carbocycles. The average molecular weight is 315 g/mol. The van der Waals surface area contributed by atoms with Gasteiger partial charge in [0.25, 0.3) is 0 Å². The van der Waals surface area contributed by atoms with E-state index in [0.717, 1.165) is 12.5 Å². The Morgan fingerprint density at radius 1 is 1.22 bits per heavy atom. The van der Waals surface area contributed by atoms with E-state index in [1.807, 2.05) is 0 Å². The van der Waals surface area contributed by atoms with Gasteiger partial charge < -0.3 is 14.6 Å². The van der Waals surface area contributed by atoms with E-state index in [4.69, 9.17) is 19.8 Å². The molecular weight excluding hydrogens is 298 g/mol. The van der Waals surface area contributed by atoms with E-state index in [9.17, 15) is 9.59 Å². The van der Waals surface area contributed by atoms with Crippen molar-refractivity contribution in [1.29, 1.82) is 5.26 Å². The number of unbranched alkanes of at least 4 members (excludes halogenated alkanes) is 1. The normalized spacial score (nSPS) is 10.5. The first-order valence-electron chi connectivity index (χ1n) is 6.94. The van der Waals surface area contributed by atoms with Gasteiger partial charge in [-0.05, 0) is 36.6 Å². The van der Waals surface area contributed by atoms with Crippen LogP contribution in [0.2, 0.25) is 0 Å². The summed E-state index contributed by atoms with van der Waals surface area (Å²) in [4.78, 5) is 21.5. The van der Waals surface area contributed by atoms with Gasteiger partial charge in [0.1, 0.15) is 17.4 Å². The third kappa shape index (κ3) is 6.96. The minimum Gasteiger partial charge on any atom is -0.494 e. The SMILES string of the molecule is C=CC(=O)OCCCCOc1ccc(/C=C(\C#N)C(=O)O)cc1. The van der Waals surface area contributed by atoms with Crippen molar-refractivity contribution in [2.24, 2.45) is 0 Å². The fourth-order valence-corrected chi connectivity index (χ4v) is 1.59. The topological polar surface area (TPSA) is 96.6 Å². The minimum absolute atomic E-state index is 0.323. The van der Waals surface area contributed by atoms with Gasteiger partial charge in [-0.1, -0.05) is 18.7 Å². The van der Waals surface area contributed by atoms with E-state index in [1.54, 1.807) is 30.3 Å². The molecule has 0 amide bonds. The Hall–Kier alpha value is -3.07. The Bertz CT molecular complexity index is 625. The molecule has 1 rings (SSSR count). The van der Waals surface area contributed by atoms with Crippen LogP contribution >= 0.6 is 0 Å². The van der Waals surface area contributed by atoms with Crippen molar-refractivity contribution in [3.63, 3.8) is 0 Å². The number of hydrogen-bond acceptors (Lipinski definition) is 5. The minimum atomic E-state index is -1.26. The fourth-order valence-electron chi connectivity index (χ4n) is 1.59. The van der Waals surface area contributed by atoms with Crippen LogP contribution in [0.5, 0.6) is 5.75 Å². The number of rotatable bonds is 9. The van der Waals surface area contributed by atoms with Crippen LogP contribution in [0.15, 0.2) is 42.5 Å². The van der Waals surface area contributed by atoms with Crippen molar-refractivity contribution in [1.82, 2.24) is 0 Å². The lowest BCUT2D eigenvalue weighted by molar-refractivity contribution is -0.138. The second kappa shape index (κ2) is 9.79. The number of hydrogen-bond donors (Lipinski definition) is 1. The van der Waals surface area contributed by atoms with Crippen LogP contribution in [0.1, 0.15) is 18.4 Å². The first-order chi connectivity index (χ1) is 11.1. The van der Waals surface area contributed by atoms with Gasteiger partial charge >= 0.3 is 11.9 Å². The maximum absolute atomic E-state index is 10.8. The van der Waals surface area contributed by atoms with Gasteiger partial charge in [0.2, 0.25) is 0 Å². The van der Waals surface area contributed by atoms with Gasteiger partial charge in [-0.25, -0.2) is 9.59 Å². The molecule has 120 valence electrons. The zero-order valence-corrected chi connectivity index (χ0v) is 12.5. The van der Waals surface area contributed by atoms with Crippen molar-refractivity contribution >= 4 is 18.0 Å². The Morgan fingerprint density at radius 2 is 1.87 bits per heavy atom. The maximum atomic E-state index is 10.8. The number of carbonyl (C=O) groups is 2. The lowest BCUT2D eigenvalue weighted by atomic mass is 10.1.